The van der Waals surface area contributed by atoms with Crippen molar-refractivity contribution in [2.45, 2.75) is 5.54 Å². The number of fused-ring (bicyclic) bond motifs is 9. The number of hydrogen-bond acceptors (Lipinski definition) is 1. The average molecular weight is 725 g/mol. The lowest BCUT2D eigenvalue weighted by molar-refractivity contribution is 0.564. The highest BCUT2D eigenvalue weighted by Gasteiger charge is 2.47. The lowest BCUT2D eigenvalue weighted by Gasteiger charge is -2.37. The maximum Gasteiger partial charge on any atom is 0.122 e. The third-order valence-electron chi connectivity index (χ3n) is 12.4. The molecule has 2 nitrogen and oxygen atoms in total. The van der Waals surface area contributed by atoms with Crippen LogP contribution in [0.1, 0.15) is 16.7 Å². The Bertz CT molecular complexity index is 3250. The van der Waals surface area contributed by atoms with E-state index in [1.54, 1.807) is 0 Å². The SMILES string of the molecule is c1ccc2c(c1)-c1ccccc1C2(c1ccc2ccccc2c1)n1c2ccccc2c2cc(N(c3cccc4ccccc34)c3cccc4ccccc34)ccc21. The highest BCUT2D eigenvalue weighted by molar-refractivity contribution is 6.12. The third kappa shape index (κ3) is 4.53. The minimum absolute atomic E-state index is 0.634. The summed E-state index contributed by atoms with van der Waals surface area (Å²) in [7, 11) is 0. The van der Waals surface area contributed by atoms with Gasteiger partial charge < -0.3 is 9.47 Å². The van der Waals surface area contributed by atoms with Gasteiger partial charge in [0.05, 0.1) is 22.4 Å². The second-order valence-electron chi connectivity index (χ2n) is 15.2. The van der Waals surface area contributed by atoms with Gasteiger partial charge in [-0.15, -0.1) is 0 Å². The normalized spacial score (nSPS) is 13.1. The molecule has 0 spiro atoms. The van der Waals surface area contributed by atoms with Gasteiger partial charge in [-0.1, -0.05) is 176 Å². The van der Waals surface area contributed by atoms with Crippen LogP contribution in [0, 0.1) is 0 Å². The zero-order valence-electron chi connectivity index (χ0n) is 31.2. The summed E-state index contributed by atoms with van der Waals surface area (Å²) in [6.45, 7) is 0. The first-order valence-electron chi connectivity index (χ1n) is 19.8. The molecule has 0 bridgehead atoms. The fourth-order valence-electron chi connectivity index (χ4n) is 9.98. The van der Waals surface area contributed by atoms with Crippen molar-refractivity contribution >= 4 is 71.2 Å². The second-order valence-corrected chi connectivity index (χ2v) is 15.2. The van der Waals surface area contributed by atoms with Crippen LogP contribution in [-0.2, 0) is 5.54 Å². The van der Waals surface area contributed by atoms with E-state index < -0.39 is 5.54 Å². The van der Waals surface area contributed by atoms with E-state index in [9.17, 15) is 0 Å². The Hall–Kier alpha value is -7.42. The van der Waals surface area contributed by atoms with E-state index in [4.69, 9.17) is 0 Å². The molecule has 0 unspecified atom stereocenters. The Morgan fingerprint density at radius 3 is 1.51 bits per heavy atom. The molecule has 0 saturated heterocycles. The minimum atomic E-state index is -0.634. The summed E-state index contributed by atoms with van der Waals surface area (Å²) in [6, 6.07) is 80.8. The summed E-state index contributed by atoms with van der Waals surface area (Å²) in [4.78, 5) is 2.47. The zero-order valence-corrected chi connectivity index (χ0v) is 31.2. The quantitative estimate of drug-likeness (QED) is 0.172. The molecule has 0 saturated carbocycles. The average Bonchev–Trinajstić information content (AvgIpc) is 3.77. The van der Waals surface area contributed by atoms with Crippen molar-refractivity contribution in [3.05, 3.63) is 235 Å². The fourth-order valence-corrected chi connectivity index (χ4v) is 9.98. The molecule has 0 radical (unpaired) electrons. The van der Waals surface area contributed by atoms with Crippen molar-refractivity contribution in [2.75, 3.05) is 4.90 Å². The summed E-state index contributed by atoms with van der Waals surface area (Å²) < 4.78 is 2.65. The van der Waals surface area contributed by atoms with Gasteiger partial charge >= 0.3 is 0 Å². The number of para-hydroxylation sites is 1. The van der Waals surface area contributed by atoms with Gasteiger partial charge in [-0.25, -0.2) is 0 Å². The number of anilines is 3. The summed E-state index contributed by atoms with van der Waals surface area (Å²) >= 11 is 0. The lowest BCUT2D eigenvalue weighted by atomic mass is 9.79. The topological polar surface area (TPSA) is 8.17 Å². The predicted octanol–water partition coefficient (Wildman–Crippen LogP) is 14.5. The monoisotopic (exact) mass is 724 g/mol. The van der Waals surface area contributed by atoms with Gasteiger partial charge in [-0.3, -0.25) is 0 Å². The molecule has 0 atom stereocenters. The molecule has 57 heavy (non-hydrogen) atoms. The van der Waals surface area contributed by atoms with Crippen molar-refractivity contribution < 1.29 is 0 Å². The van der Waals surface area contributed by atoms with Crippen LogP contribution in [0.15, 0.2) is 218 Å². The maximum absolute atomic E-state index is 2.65. The number of benzene rings is 10. The van der Waals surface area contributed by atoms with E-state index >= 15 is 0 Å². The van der Waals surface area contributed by atoms with Gasteiger partial charge in [0.25, 0.3) is 0 Å². The molecule has 10 aromatic carbocycles. The Morgan fingerprint density at radius 1 is 0.333 bits per heavy atom. The molecule has 0 N–H and O–H groups in total. The van der Waals surface area contributed by atoms with E-state index in [0.717, 1.165) is 17.1 Å². The molecule has 1 aliphatic rings. The van der Waals surface area contributed by atoms with E-state index in [2.05, 4.69) is 228 Å². The predicted molar refractivity (Wildman–Crippen MR) is 240 cm³/mol. The fraction of sp³-hybridized carbons (Fsp3) is 0.0182. The first-order valence-corrected chi connectivity index (χ1v) is 19.8. The van der Waals surface area contributed by atoms with Crippen molar-refractivity contribution in [1.29, 1.82) is 0 Å². The number of hydrogen-bond donors (Lipinski definition) is 0. The molecule has 0 amide bonds. The van der Waals surface area contributed by atoms with Crippen LogP contribution in [0.25, 0.3) is 65.3 Å². The van der Waals surface area contributed by atoms with Gasteiger partial charge in [0.2, 0.25) is 0 Å². The van der Waals surface area contributed by atoms with Crippen LogP contribution in [0.2, 0.25) is 0 Å². The van der Waals surface area contributed by atoms with Crippen LogP contribution in [0.3, 0.4) is 0 Å². The molecule has 2 heteroatoms. The Labute approximate surface area is 331 Å². The molecular formula is C55H36N2. The van der Waals surface area contributed by atoms with Crippen molar-refractivity contribution in [3.63, 3.8) is 0 Å². The molecular weight excluding hydrogens is 689 g/mol. The minimum Gasteiger partial charge on any atom is -0.322 e. The number of nitrogens with zero attached hydrogens (tertiary/aromatic N) is 2. The van der Waals surface area contributed by atoms with E-state index in [1.807, 2.05) is 0 Å². The molecule has 1 aromatic heterocycles. The van der Waals surface area contributed by atoms with Crippen molar-refractivity contribution in [1.82, 2.24) is 4.57 Å². The molecule has 1 heterocycles. The first kappa shape index (κ1) is 31.9. The third-order valence-corrected chi connectivity index (χ3v) is 12.4. The molecule has 12 rings (SSSR count). The molecule has 1 aliphatic carbocycles. The molecule has 0 fully saturated rings. The largest absolute Gasteiger partial charge is 0.322 e. The van der Waals surface area contributed by atoms with Gasteiger partial charge in [0.15, 0.2) is 0 Å². The van der Waals surface area contributed by atoms with Gasteiger partial charge in [0, 0.05) is 27.2 Å². The molecule has 11 aromatic rings. The van der Waals surface area contributed by atoms with Gasteiger partial charge in [0.1, 0.15) is 5.54 Å². The maximum atomic E-state index is 2.65. The summed E-state index contributed by atoms with van der Waals surface area (Å²) in [6.07, 6.45) is 0. The van der Waals surface area contributed by atoms with Crippen LogP contribution < -0.4 is 4.90 Å². The van der Waals surface area contributed by atoms with E-state index in [-0.39, 0.29) is 0 Å². The van der Waals surface area contributed by atoms with Crippen LogP contribution >= 0.6 is 0 Å². The Morgan fingerprint density at radius 2 is 0.842 bits per heavy atom. The summed E-state index contributed by atoms with van der Waals surface area (Å²) in [5.41, 5.74) is 11.6. The smallest absolute Gasteiger partial charge is 0.122 e. The van der Waals surface area contributed by atoms with Crippen LogP contribution in [0.4, 0.5) is 17.1 Å². The van der Waals surface area contributed by atoms with E-state index in [1.165, 1.54) is 81.9 Å². The summed E-state index contributed by atoms with van der Waals surface area (Å²) in [5.74, 6) is 0. The van der Waals surface area contributed by atoms with Gasteiger partial charge in [-0.05, 0) is 91.8 Å². The highest BCUT2D eigenvalue weighted by atomic mass is 15.1. The second kappa shape index (κ2) is 12.3. The highest BCUT2D eigenvalue weighted by Crippen LogP contribution is 2.56. The molecule has 266 valence electrons. The lowest BCUT2D eigenvalue weighted by Crippen LogP contribution is -2.35. The van der Waals surface area contributed by atoms with Crippen molar-refractivity contribution in [2.24, 2.45) is 0 Å². The Kier molecular flexibility index (Phi) is 6.88. The summed E-state index contributed by atoms with van der Waals surface area (Å²) in [5, 5.41) is 9.78. The Balaban J connectivity index is 1.20. The van der Waals surface area contributed by atoms with Crippen LogP contribution in [0.5, 0.6) is 0 Å². The molecule has 0 aliphatic heterocycles. The number of rotatable bonds is 5. The standard InChI is InChI=1S/C55H36N2/c1-2-18-40-35-41(32-31-37(40)15-1)55(49-26-10-7-23-45(49)46-24-8-11-27-50(46)55)57-53-28-12-9-25-47(53)48-36-42(33-34-54(48)57)56(51-29-13-19-38-16-3-5-21-43(38)51)52-30-14-20-39-17-4-6-22-44(39)52/h1-36H. The van der Waals surface area contributed by atoms with Gasteiger partial charge in [-0.2, -0.15) is 0 Å². The van der Waals surface area contributed by atoms with Crippen molar-refractivity contribution in [3.8, 4) is 11.1 Å². The van der Waals surface area contributed by atoms with Crippen LogP contribution in [-0.4, -0.2) is 4.57 Å². The van der Waals surface area contributed by atoms with E-state index in [0.29, 0.717) is 0 Å². The number of aromatic nitrogens is 1. The zero-order chi connectivity index (χ0) is 37.5. The first-order chi connectivity index (χ1) is 28.3.